The molecule has 17 heavy (non-hydrogen) atoms. The Hall–Kier alpha value is -1.90. The van der Waals surface area contributed by atoms with Crippen molar-refractivity contribution in [3.05, 3.63) is 12.2 Å². The smallest absolute Gasteiger partial charge is 0.243 e. The minimum absolute atomic E-state index is 0.114. The summed E-state index contributed by atoms with van der Waals surface area (Å²) >= 11 is 0. The third kappa shape index (κ3) is 1.88. The molecule has 6 nitrogen and oxygen atoms in total. The van der Waals surface area contributed by atoms with Crippen molar-refractivity contribution in [1.29, 1.82) is 5.26 Å². The Kier molecular flexibility index (Phi) is 2.84. The second kappa shape index (κ2) is 4.17. The number of carbonyl (C=O) groups excluding carboxylic acids is 1. The van der Waals surface area contributed by atoms with Crippen molar-refractivity contribution in [2.45, 2.75) is 33.4 Å². The fourth-order valence-corrected chi connectivity index (χ4v) is 1.87. The van der Waals surface area contributed by atoms with E-state index in [4.69, 9.17) is 5.26 Å². The van der Waals surface area contributed by atoms with Crippen molar-refractivity contribution in [3.8, 4) is 6.07 Å². The van der Waals surface area contributed by atoms with E-state index in [0.717, 1.165) is 5.82 Å². The van der Waals surface area contributed by atoms with E-state index in [1.807, 2.05) is 11.5 Å². The molecule has 0 spiro atoms. The third-order valence-electron chi connectivity index (χ3n) is 3.35. The number of carbonyl (C=O) groups is 1. The molecule has 6 heteroatoms. The predicted octanol–water partition coefficient (Wildman–Crippen LogP) is 0.560. The van der Waals surface area contributed by atoms with Crippen LogP contribution in [0.25, 0.3) is 0 Å². The van der Waals surface area contributed by atoms with Crippen molar-refractivity contribution in [2.75, 3.05) is 6.54 Å². The van der Waals surface area contributed by atoms with Crippen LogP contribution in [0.2, 0.25) is 0 Å². The lowest BCUT2D eigenvalue weighted by molar-refractivity contribution is -0.140. The molecule has 1 amide bonds. The van der Waals surface area contributed by atoms with Crippen molar-refractivity contribution in [3.63, 3.8) is 0 Å². The molecule has 0 radical (unpaired) electrons. The molecule has 1 aliphatic rings. The summed E-state index contributed by atoms with van der Waals surface area (Å²) in [5.74, 6) is 0.665. The Bertz CT molecular complexity index is 474. The third-order valence-corrected chi connectivity index (χ3v) is 3.35. The number of hydrogen-bond donors (Lipinski definition) is 0. The maximum absolute atomic E-state index is 12.3. The van der Waals surface area contributed by atoms with Crippen LogP contribution in [0, 0.1) is 16.7 Å². The predicted molar refractivity (Wildman–Crippen MR) is 59.5 cm³/mol. The van der Waals surface area contributed by atoms with E-state index in [9.17, 15) is 4.79 Å². The van der Waals surface area contributed by atoms with Crippen LogP contribution in [0.15, 0.2) is 6.33 Å². The van der Waals surface area contributed by atoms with Crippen LogP contribution < -0.4 is 0 Å². The van der Waals surface area contributed by atoms with E-state index in [1.54, 1.807) is 18.2 Å². The quantitative estimate of drug-likeness (QED) is 0.748. The number of hydrogen-bond acceptors (Lipinski definition) is 4. The maximum Gasteiger partial charge on any atom is 0.243 e. The fraction of sp³-hybridized carbons (Fsp3) is 0.636. The van der Waals surface area contributed by atoms with Crippen LogP contribution in [0.5, 0.6) is 0 Å². The molecule has 0 saturated carbocycles. The molecular weight excluding hydrogens is 218 g/mol. The van der Waals surface area contributed by atoms with E-state index in [1.165, 1.54) is 0 Å². The Labute approximate surface area is 99.9 Å². The Morgan fingerprint density at radius 2 is 2.41 bits per heavy atom. The van der Waals surface area contributed by atoms with Gasteiger partial charge >= 0.3 is 0 Å². The van der Waals surface area contributed by atoms with E-state index >= 15 is 0 Å². The highest BCUT2D eigenvalue weighted by molar-refractivity contribution is 5.85. The molecule has 0 aliphatic carbocycles. The number of nitrogens with zero attached hydrogens (tertiary/aromatic N) is 5. The van der Waals surface area contributed by atoms with Crippen molar-refractivity contribution in [2.24, 2.45) is 5.41 Å². The van der Waals surface area contributed by atoms with Crippen LogP contribution in [0.1, 0.15) is 26.1 Å². The van der Waals surface area contributed by atoms with E-state index < -0.39 is 5.41 Å². The first-order valence-electron chi connectivity index (χ1n) is 5.68. The van der Waals surface area contributed by atoms with Gasteiger partial charge in [0.2, 0.25) is 5.91 Å². The molecular formula is C11H15N5O. The maximum atomic E-state index is 12.3. The van der Waals surface area contributed by atoms with Crippen LogP contribution in [0.3, 0.4) is 0 Å². The lowest BCUT2D eigenvalue weighted by Crippen LogP contribution is -2.45. The van der Waals surface area contributed by atoms with Gasteiger partial charge in [0.15, 0.2) is 5.82 Å². The van der Waals surface area contributed by atoms with Gasteiger partial charge in [-0.1, -0.05) is 6.92 Å². The summed E-state index contributed by atoms with van der Waals surface area (Å²) < 4.78 is 1.93. The summed E-state index contributed by atoms with van der Waals surface area (Å²) in [5.41, 5.74) is -0.928. The summed E-state index contributed by atoms with van der Waals surface area (Å²) in [6.07, 6.45) is 2.19. The highest BCUT2D eigenvalue weighted by Crippen LogP contribution is 2.25. The minimum Gasteiger partial charge on any atom is -0.332 e. The van der Waals surface area contributed by atoms with E-state index in [-0.39, 0.29) is 5.91 Å². The van der Waals surface area contributed by atoms with Gasteiger partial charge in [-0.2, -0.15) is 5.26 Å². The number of aromatic nitrogens is 3. The minimum atomic E-state index is -0.928. The molecule has 1 aliphatic heterocycles. The Balaban J connectivity index is 2.17. The number of fused-ring (bicyclic) bond motifs is 1. The molecule has 0 N–H and O–H groups in total. The second-order valence-electron chi connectivity index (χ2n) is 4.46. The number of amides is 1. The summed E-state index contributed by atoms with van der Waals surface area (Å²) in [5, 5.41) is 16.9. The molecule has 1 unspecified atom stereocenters. The summed E-state index contributed by atoms with van der Waals surface area (Å²) in [6.45, 7) is 5.29. The molecule has 90 valence electrons. The lowest BCUT2D eigenvalue weighted by Gasteiger charge is -2.32. The van der Waals surface area contributed by atoms with Gasteiger partial charge in [0.25, 0.3) is 0 Å². The van der Waals surface area contributed by atoms with E-state index in [0.29, 0.717) is 26.1 Å². The summed E-state index contributed by atoms with van der Waals surface area (Å²) in [7, 11) is 0. The molecule has 0 saturated heterocycles. The van der Waals surface area contributed by atoms with Gasteiger partial charge in [0.1, 0.15) is 11.7 Å². The van der Waals surface area contributed by atoms with Gasteiger partial charge in [0, 0.05) is 13.1 Å². The van der Waals surface area contributed by atoms with Crippen LogP contribution in [-0.2, 0) is 17.9 Å². The highest BCUT2D eigenvalue weighted by atomic mass is 16.2. The highest BCUT2D eigenvalue weighted by Gasteiger charge is 2.36. The largest absolute Gasteiger partial charge is 0.332 e. The van der Waals surface area contributed by atoms with Gasteiger partial charge < -0.3 is 9.47 Å². The molecule has 1 atom stereocenters. The number of rotatable bonds is 2. The lowest BCUT2D eigenvalue weighted by atomic mass is 9.87. The zero-order chi connectivity index (χ0) is 12.5. The van der Waals surface area contributed by atoms with Crippen LogP contribution in [0.4, 0.5) is 0 Å². The first-order chi connectivity index (χ1) is 8.10. The van der Waals surface area contributed by atoms with Gasteiger partial charge in [-0.3, -0.25) is 4.79 Å². The van der Waals surface area contributed by atoms with Crippen LogP contribution >= 0.6 is 0 Å². The van der Waals surface area contributed by atoms with Gasteiger partial charge in [-0.05, 0) is 13.3 Å². The zero-order valence-electron chi connectivity index (χ0n) is 10.1. The molecule has 0 aromatic carbocycles. The molecule has 2 rings (SSSR count). The average molecular weight is 233 g/mol. The normalized spacial score (nSPS) is 18.1. The molecule has 0 bridgehead atoms. The fourth-order valence-electron chi connectivity index (χ4n) is 1.87. The molecule has 0 fully saturated rings. The first kappa shape index (κ1) is 11.6. The second-order valence-corrected chi connectivity index (χ2v) is 4.46. The number of nitriles is 1. The van der Waals surface area contributed by atoms with E-state index in [2.05, 4.69) is 16.3 Å². The van der Waals surface area contributed by atoms with Gasteiger partial charge in [-0.25, -0.2) is 0 Å². The van der Waals surface area contributed by atoms with Gasteiger partial charge in [0.05, 0.1) is 12.6 Å². The van der Waals surface area contributed by atoms with Crippen molar-refractivity contribution in [1.82, 2.24) is 19.7 Å². The Morgan fingerprint density at radius 1 is 1.65 bits per heavy atom. The standard InChI is InChI=1S/C11H15N5O/c1-3-11(2,7-12)10(17)15-4-5-16-8-13-14-9(16)6-15/h8H,3-6H2,1-2H3. The average Bonchev–Trinajstić information content (AvgIpc) is 2.84. The van der Waals surface area contributed by atoms with Gasteiger partial charge in [-0.15, -0.1) is 10.2 Å². The first-order valence-corrected chi connectivity index (χ1v) is 5.68. The van der Waals surface area contributed by atoms with Crippen molar-refractivity contribution >= 4 is 5.91 Å². The molecule has 1 aromatic heterocycles. The Morgan fingerprint density at radius 3 is 3.06 bits per heavy atom. The van der Waals surface area contributed by atoms with Crippen molar-refractivity contribution < 1.29 is 4.79 Å². The topological polar surface area (TPSA) is 74.8 Å². The monoisotopic (exact) mass is 233 g/mol. The molecule has 2 heterocycles. The SMILES string of the molecule is CCC(C)(C#N)C(=O)N1CCn2cnnc2C1. The zero-order valence-corrected chi connectivity index (χ0v) is 10.1. The summed E-state index contributed by atoms with van der Waals surface area (Å²) in [4.78, 5) is 14.0. The molecule has 1 aromatic rings. The van der Waals surface area contributed by atoms with Crippen LogP contribution in [-0.4, -0.2) is 32.1 Å². The summed E-state index contributed by atoms with van der Waals surface area (Å²) in [6, 6.07) is 2.11.